The van der Waals surface area contributed by atoms with Gasteiger partial charge in [0.1, 0.15) is 5.69 Å². The molecular weight excluding hydrogens is 926 g/mol. The molecule has 3 aliphatic rings. The van der Waals surface area contributed by atoms with E-state index in [1.165, 1.54) is 18.6 Å². The van der Waals surface area contributed by atoms with Crippen molar-refractivity contribution in [1.82, 2.24) is 35.9 Å². The number of carbonyl (C=O) groups excluding carboxylic acids is 2. The second kappa shape index (κ2) is 31.6. The predicted octanol–water partition coefficient (Wildman–Crippen LogP) is 4.97. The number of benzene rings is 1. The van der Waals surface area contributed by atoms with Crippen LogP contribution in [0.15, 0.2) is 40.9 Å². The lowest BCUT2D eigenvalue weighted by Gasteiger charge is -2.16. The molecule has 19 nitrogen and oxygen atoms in total. The Balaban J connectivity index is 0.645. The Morgan fingerprint density at radius 3 is 2.03 bits per heavy atom. The first-order valence-electron chi connectivity index (χ1n) is 23.5. The molecule has 2 aromatic heterocycles. The Labute approximate surface area is 407 Å². The molecule has 3 amide bonds. The number of hydrazone groups is 1. The van der Waals surface area contributed by atoms with Crippen molar-refractivity contribution in [2.24, 2.45) is 5.10 Å². The van der Waals surface area contributed by atoms with Gasteiger partial charge in [-0.3, -0.25) is 4.79 Å². The Morgan fingerprint density at radius 2 is 1.40 bits per heavy atom. The quantitative estimate of drug-likeness (QED) is 0.0397. The highest BCUT2D eigenvalue weighted by atomic mass is 35.5. The zero-order chi connectivity index (χ0) is 46.6. The van der Waals surface area contributed by atoms with E-state index >= 15 is 0 Å². The van der Waals surface area contributed by atoms with Gasteiger partial charge in [-0.25, -0.2) is 19.5 Å². The first-order chi connectivity index (χ1) is 33.0. The van der Waals surface area contributed by atoms with Gasteiger partial charge in [-0.1, -0.05) is 35.4 Å². The van der Waals surface area contributed by atoms with Crippen molar-refractivity contribution in [3.63, 3.8) is 0 Å². The largest absolute Gasteiger partial charge is 0.377 e. The lowest BCUT2D eigenvalue weighted by molar-refractivity contribution is -0.121. The molecule has 0 unspecified atom stereocenters. The summed E-state index contributed by atoms with van der Waals surface area (Å²) in [6.07, 6.45) is 9.61. The number of halogens is 1. The van der Waals surface area contributed by atoms with Crippen LogP contribution in [0.25, 0.3) is 11.3 Å². The van der Waals surface area contributed by atoms with Crippen LogP contribution in [0.1, 0.15) is 57.1 Å². The maximum Gasteiger partial charge on any atom is 0.315 e. The van der Waals surface area contributed by atoms with Gasteiger partial charge in [0.15, 0.2) is 0 Å². The molecular formula is C45H68ClN9O10S2. The number of thiazole rings is 1. The van der Waals surface area contributed by atoms with Gasteiger partial charge in [0, 0.05) is 45.6 Å². The van der Waals surface area contributed by atoms with Crippen LogP contribution in [0.5, 0.6) is 0 Å². The number of hydrogen-bond donors (Lipinski definition) is 3. The molecule has 0 bridgehead atoms. The average Bonchev–Trinajstić information content (AvgIpc) is 4.20. The van der Waals surface area contributed by atoms with Gasteiger partial charge in [0.05, 0.1) is 143 Å². The second-order valence-electron chi connectivity index (χ2n) is 16.0. The number of nitrogens with one attached hydrogen (secondary N) is 3. The number of amides is 3. The van der Waals surface area contributed by atoms with Crippen LogP contribution in [0.4, 0.5) is 9.93 Å². The van der Waals surface area contributed by atoms with Crippen LogP contribution in [-0.4, -0.2) is 173 Å². The van der Waals surface area contributed by atoms with Crippen LogP contribution in [-0.2, 0) is 55.8 Å². The summed E-state index contributed by atoms with van der Waals surface area (Å²) in [5.74, 6) is 0.998. The number of unbranched alkanes of at least 4 members (excludes halogenated alkanes) is 1. The molecule has 3 atom stereocenters. The Hall–Kier alpha value is -3.48. The smallest absolute Gasteiger partial charge is 0.315 e. The fraction of sp³-hybridized carbons (Fsp3) is 0.689. The number of urea groups is 1. The molecule has 67 heavy (non-hydrogen) atoms. The molecule has 0 radical (unpaired) electrons. The molecule has 2 saturated heterocycles. The zero-order valence-electron chi connectivity index (χ0n) is 38.5. The maximum absolute atomic E-state index is 12.1. The fourth-order valence-electron chi connectivity index (χ4n) is 7.43. The van der Waals surface area contributed by atoms with Gasteiger partial charge in [-0.15, -0.1) is 16.4 Å². The average molecular weight is 995 g/mol. The molecule has 6 rings (SSSR count). The molecule has 1 saturated carbocycles. The van der Waals surface area contributed by atoms with Crippen LogP contribution < -0.4 is 21.0 Å². The summed E-state index contributed by atoms with van der Waals surface area (Å²) in [6.45, 7) is 9.11. The van der Waals surface area contributed by atoms with Crippen LogP contribution in [0.2, 0.25) is 5.02 Å². The van der Waals surface area contributed by atoms with Crippen molar-refractivity contribution in [2.45, 2.75) is 81.8 Å². The topological polar surface area (TPSA) is 203 Å². The number of carbonyl (C=O) groups is 2. The van der Waals surface area contributed by atoms with Crippen molar-refractivity contribution in [3.8, 4) is 11.3 Å². The molecule has 1 aromatic carbocycles. The summed E-state index contributed by atoms with van der Waals surface area (Å²) in [4.78, 5) is 28.5. The third-order valence-electron chi connectivity index (χ3n) is 10.9. The summed E-state index contributed by atoms with van der Waals surface area (Å²) in [6, 6.07) is 8.09. The fourth-order valence-corrected chi connectivity index (χ4v) is 9.89. The summed E-state index contributed by atoms with van der Waals surface area (Å²) in [7, 11) is 0. The molecule has 0 spiro atoms. The number of nitrogens with zero attached hydrogens (tertiary/aromatic N) is 6. The number of aromatic nitrogens is 4. The van der Waals surface area contributed by atoms with E-state index in [0.29, 0.717) is 142 Å². The standard InChI is InChI=1S/C45H68ClN9O10S2/c46-36-11-9-35(10-12-36)39-33-67-45(49-39)55(52-37-5-1-2-6-37)32-38-31-54(53-51-38)14-16-59-18-20-61-22-24-63-26-28-65-30-29-64-27-25-62-23-21-60-19-17-58-15-13-47-42(56)8-4-3-7-41-43-40(34-66-41)48-44(57)50-43/h9-12,31,33,40-41,43H,1-8,13-30,32,34H2,(H,47,56)(H2,48,50,57)/t40-,41-,43-/m0/s1. The summed E-state index contributed by atoms with van der Waals surface area (Å²) >= 11 is 9.55. The van der Waals surface area contributed by atoms with E-state index in [4.69, 9.17) is 59.6 Å². The van der Waals surface area contributed by atoms with Crippen molar-refractivity contribution >= 4 is 57.5 Å². The van der Waals surface area contributed by atoms with Crippen LogP contribution in [0.3, 0.4) is 0 Å². The van der Waals surface area contributed by atoms with E-state index < -0.39 is 0 Å². The van der Waals surface area contributed by atoms with E-state index in [-0.39, 0.29) is 24.0 Å². The summed E-state index contributed by atoms with van der Waals surface area (Å²) < 4.78 is 46.4. The summed E-state index contributed by atoms with van der Waals surface area (Å²) in [5, 5.41) is 28.5. The Kier molecular flexibility index (Phi) is 24.9. The third-order valence-corrected chi connectivity index (χ3v) is 13.5. The van der Waals surface area contributed by atoms with Gasteiger partial charge in [-0.05, 0) is 50.7 Å². The minimum Gasteiger partial charge on any atom is -0.377 e. The lowest BCUT2D eigenvalue weighted by Crippen LogP contribution is -2.36. The van der Waals surface area contributed by atoms with Crippen LogP contribution in [0, 0.1) is 0 Å². The number of hydrogen-bond acceptors (Lipinski definition) is 17. The van der Waals surface area contributed by atoms with Gasteiger partial charge < -0.3 is 53.8 Å². The minimum absolute atomic E-state index is 0.0412. The van der Waals surface area contributed by atoms with E-state index in [0.717, 1.165) is 59.9 Å². The molecule has 3 fully saturated rings. The number of thioether (sulfide) groups is 1. The van der Waals surface area contributed by atoms with Crippen molar-refractivity contribution in [3.05, 3.63) is 46.6 Å². The van der Waals surface area contributed by atoms with Gasteiger partial charge in [0.25, 0.3) is 0 Å². The number of fused-ring (bicyclic) bond motifs is 1. The Morgan fingerprint density at radius 1 is 0.806 bits per heavy atom. The zero-order valence-corrected chi connectivity index (χ0v) is 40.8. The van der Waals surface area contributed by atoms with Gasteiger partial charge in [0.2, 0.25) is 11.0 Å². The Bertz CT molecular complexity index is 1870. The van der Waals surface area contributed by atoms with E-state index in [1.54, 1.807) is 16.0 Å². The predicted molar refractivity (Wildman–Crippen MR) is 258 cm³/mol. The van der Waals surface area contributed by atoms with Gasteiger partial charge in [-0.2, -0.15) is 16.9 Å². The summed E-state index contributed by atoms with van der Waals surface area (Å²) in [5.41, 5.74) is 3.90. The molecule has 1 aliphatic carbocycles. The van der Waals surface area contributed by atoms with Gasteiger partial charge >= 0.3 is 6.03 Å². The highest BCUT2D eigenvalue weighted by molar-refractivity contribution is 8.00. The second-order valence-corrected chi connectivity index (χ2v) is 18.6. The van der Waals surface area contributed by atoms with Crippen molar-refractivity contribution in [2.75, 3.05) is 123 Å². The number of anilines is 1. The molecule has 3 aromatic rings. The van der Waals surface area contributed by atoms with E-state index in [2.05, 4.69) is 26.3 Å². The molecule has 2 aliphatic heterocycles. The molecule has 372 valence electrons. The highest BCUT2D eigenvalue weighted by Crippen LogP contribution is 2.33. The van der Waals surface area contributed by atoms with E-state index in [1.807, 2.05) is 52.6 Å². The normalized spacial score (nSPS) is 17.8. The highest BCUT2D eigenvalue weighted by Gasteiger charge is 2.42. The first-order valence-corrected chi connectivity index (χ1v) is 25.8. The van der Waals surface area contributed by atoms with Crippen LogP contribution >= 0.6 is 34.7 Å². The maximum atomic E-state index is 12.1. The monoisotopic (exact) mass is 993 g/mol. The first kappa shape index (κ1) is 52.9. The minimum atomic E-state index is -0.0620. The number of ether oxygens (including phenoxy) is 8. The van der Waals surface area contributed by atoms with Crippen molar-refractivity contribution < 1.29 is 47.5 Å². The molecule has 3 N–H and O–H groups in total. The number of rotatable bonds is 37. The molecule has 4 heterocycles. The van der Waals surface area contributed by atoms with Crippen molar-refractivity contribution in [1.29, 1.82) is 0 Å². The third kappa shape index (κ3) is 20.6. The lowest BCUT2D eigenvalue weighted by atomic mass is 10.0. The van der Waals surface area contributed by atoms with E-state index in [9.17, 15) is 9.59 Å². The molecule has 22 heteroatoms. The SMILES string of the molecule is O=C(CCCC[C@@H]1SC[C@@H]2NC(=O)N[C@@H]21)NCCOCCOCCOCCOCCOCCOCCOCCOCCn1cc(CN(N=C2CCCC2)c2nc(-c3ccc(Cl)cc3)cs2)nn1.